The van der Waals surface area contributed by atoms with Gasteiger partial charge in [0.2, 0.25) is 0 Å². The lowest BCUT2D eigenvalue weighted by molar-refractivity contribution is -0.123. The lowest BCUT2D eigenvalue weighted by Crippen LogP contribution is -2.41. The molecule has 4 heterocycles. The average molecular weight is 430 g/mol. The van der Waals surface area contributed by atoms with Gasteiger partial charge in [-0.1, -0.05) is 31.5 Å². The van der Waals surface area contributed by atoms with Gasteiger partial charge < -0.3 is 24.3 Å². The van der Waals surface area contributed by atoms with Crippen LogP contribution in [0.15, 0.2) is 36.8 Å². The molecule has 30 heavy (non-hydrogen) atoms. The van der Waals surface area contributed by atoms with Crippen molar-refractivity contribution in [3.8, 4) is 0 Å². The van der Waals surface area contributed by atoms with Crippen LogP contribution in [0.2, 0.25) is 5.02 Å². The van der Waals surface area contributed by atoms with Crippen molar-refractivity contribution in [3.05, 3.63) is 58.6 Å². The third-order valence-electron chi connectivity index (χ3n) is 6.23. The van der Waals surface area contributed by atoms with Gasteiger partial charge in [0.15, 0.2) is 6.23 Å². The zero-order chi connectivity index (χ0) is 21.2. The Morgan fingerprint density at radius 1 is 1.17 bits per heavy atom. The van der Waals surface area contributed by atoms with Crippen LogP contribution in [-0.2, 0) is 14.9 Å². The summed E-state index contributed by atoms with van der Waals surface area (Å²) in [5.74, 6) is 0. The number of rotatable bonds is 2. The van der Waals surface area contributed by atoms with Gasteiger partial charge in [-0.3, -0.25) is 0 Å². The van der Waals surface area contributed by atoms with E-state index in [0.29, 0.717) is 17.3 Å². The van der Waals surface area contributed by atoms with Crippen molar-refractivity contribution in [1.82, 2.24) is 14.5 Å². The van der Waals surface area contributed by atoms with Crippen LogP contribution in [0.5, 0.6) is 0 Å². The second-order valence-corrected chi connectivity index (χ2v) is 9.18. The molecule has 0 unspecified atom stereocenters. The standard InChI is InChI=1S/C22H24ClN3O4/c1-11-13-6-7-26(20(13)25-10-24-11)21-17(28)16(27)19(30-21)18-14-5-4-12(23)8-15(14)22(2,3)9-29-18/h4-8,10,16-19,21,27-28H,9H2,1-3H3/t16-,17+,18+,19-,21+/m0/s1. The number of nitrogens with zero attached hydrogens (tertiary/aromatic N) is 3. The molecule has 2 aromatic heterocycles. The zero-order valence-electron chi connectivity index (χ0n) is 17.0. The van der Waals surface area contributed by atoms with Crippen LogP contribution < -0.4 is 0 Å². The normalized spacial score (nSPS) is 30.5. The zero-order valence-corrected chi connectivity index (χ0v) is 17.7. The number of halogens is 1. The lowest BCUT2D eigenvalue weighted by Gasteiger charge is -2.39. The molecule has 1 fully saturated rings. The summed E-state index contributed by atoms with van der Waals surface area (Å²) in [5.41, 5.74) is 3.26. The van der Waals surface area contributed by atoms with Gasteiger partial charge in [-0.2, -0.15) is 0 Å². The van der Waals surface area contributed by atoms with Gasteiger partial charge in [0.25, 0.3) is 0 Å². The molecular formula is C22H24ClN3O4. The molecular weight excluding hydrogens is 406 g/mol. The third kappa shape index (κ3) is 2.96. The van der Waals surface area contributed by atoms with Crippen LogP contribution in [0.25, 0.3) is 11.0 Å². The minimum absolute atomic E-state index is 0.219. The summed E-state index contributed by atoms with van der Waals surface area (Å²) in [7, 11) is 0. The summed E-state index contributed by atoms with van der Waals surface area (Å²) >= 11 is 6.25. The van der Waals surface area contributed by atoms with Crippen molar-refractivity contribution in [2.45, 2.75) is 56.8 Å². The van der Waals surface area contributed by atoms with Crippen molar-refractivity contribution >= 4 is 22.6 Å². The van der Waals surface area contributed by atoms with Crippen LogP contribution >= 0.6 is 11.6 Å². The van der Waals surface area contributed by atoms with E-state index in [4.69, 9.17) is 21.1 Å². The minimum atomic E-state index is -1.13. The Morgan fingerprint density at radius 3 is 2.77 bits per heavy atom. The number of aliphatic hydroxyl groups excluding tert-OH is 2. The highest BCUT2D eigenvalue weighted by Gasteiger charge is 2.50. The predicted octanol–water partition coefficient (Wildman–Crippen LogP) is 3.06. The van der Waals surface area contributed by atoms with Gasteiger partial charge in [-0.25, -0.2) is 9.97 Å². The van der Waals surface area contributed by atoms with Crippen molar-refractivity contribution in [1.29, 1.82) is 0 Å². The molecule has 2 N–H and O–H groups in total. The first-order valence-electron chi connectivity index (χ1n) is 9.99. The second kappa shape index (κ2) is 7.00. The Kier molecular flexibility index (Phi) is 4.65. The SMILES string of the molecule is Cc1ncnc2c1ccn2[C@@H]1O[C@H]([C@@H]2OCC(C)(C)c3cc(Cl)ccc32)[C@@H](O)[C@H]1O. The molecule has 8 heteroatoms. The summed E-state index contributed by atoms with van der Waals surface area (Å²) in [4.78, 5) is 8.55. The third-order valence-corrected chi connectivity index (χ3v) is 6.47. The first-order valence-corrected chi connectivity index (χ1v) is 10.4. The molecule has 7 nitrogen and oxygen atoms in total. The predicted molar refractivity (Wildman–Crippen MR) is 111 cm³/mol. The van der Waals surface area contributed by atoms with E-state index in [0.717, 1.165) is 22.2 Å². The van der Waals surface area contributed by atoms with E-state index in [1.807, 2.05) is 31.2 Å². The van der Waals surface area contributed by atoms with Gasteiger partial charge in [0.1, 0.15) is 36.4 Å². The van der Waals surface area contributed by atoms with Gasteiger partial charge in [-0.15, -0.1) is 0 Å². The highest BCUT2D eigenvalue weighted by atomic mass is 35.5. The fraction of sp³-hybridized carbons (Fsp3) is 0.455. The summed E-state index contributed by atoms with van der Waals surface area (Å²) in [6.07, 6.45) is -1.00. The number of benzene rings is 1. The molecule has 1 aromatic carbocycles. The molecule has 5 atom stereocenters. The van der Waals surface area contributed by atoms with Gasteiger partial charge in [0, 0.05) is 22.0 Å². The van der Waals surface area contributed by atoms with Crippen LogP contribution in [0, 0.1) is 6.92 Å². The Balaban J connectivity index is 1.52. The van der Waals surface area contributed by atoms with E-state index in [1.54, 1.807) is 10.8 Å². The second-order valence-electron chi connectivity index (χ2n) is 8.74. The number of aromatic nitrogens is 3. The van der Waals surface area contributed by atoms with Crippen LogP contribution in [-0.4, -0.2) is 49.7 Å². The topological polar surface area (TPSA) is 89.6 Å². The van der Waals surface area contributed by atoms with Crippen molar-refractivity contribution < 1.29 is 19.7 Å². The van der Waals surface area contributed by atoms with Gasteiger partial charge in [0.05, 0.1) is 12.3 Å². The monoisotopic (exact) mass is 429 g/mol. The molecule has 2 aliphatic rings. The highest BCUT2D eigenvalue weighted by molar-refractivity contribution is 6.30. The summed E-state index contributed by atoms with van der Waals surface area (Å²) in [5, 5.41) is 23.3. The van der Waals surface area contributed by atoms with Crippen LogP contribution in [0.1, 0.15) is 43.0 Å². The number of aliphatic hydroxyl groups is 2. The number of hydrogen-bond donors (Lipinski definition) is 2. The fourth-order valence-electron chi connectivity index (χ4n) is 4.57. The van der Waals surface area contributed by atoms with Crippen molar-refractivity contribution in [3.63, 3.8) is 0 Å². The highest BCUT2D eigenvalue weighted by Crippen LogP contribution is 2.45. The lowest BCUT2D eigenvalue weighted by atomic mass is 9.78. The molecule has 0 saturated carbocycles. The van der Waals surface area contributed by atoms with Crippen molar-refractivity contribution in [2.24, 2.45) is 0 Å². The molecule has 5 rings (SSSR count). The maximum absolute atomic E-state index is 10.9. The van der Waals surface area contributed by atoms with E-state index >= 15 is 0 Å². The van der Waals surface area contributed by atoms with E-state index in [1.165, 1.54) is 6.33 Å². The Hall–Kier alpha value is -2.03. The Bertz CT molecular complexity index is 1110. The molecule has 1 saturated heterocycles. The molecule has 3 aromatic rings. The maximum Gasteiger partial charge on any atom is 0.164 e. The smallest absolute Gasteiger partial charge is 0.164 e. The molecule has 0 amide bonds. The minimum Gasteiger partial charge on any atom is -0.387 e. The first-order chi connectivity index (χ1) is 14.3. The molecule has 2 aliphatic heterocycles. The van der Waals surface area contributed by atoms with E-state index in [9.17, 15) is 10.2 Å². The van der Waals surface area contributed by atoms with E-state index < -0.39 is 30.6 Å². The molecule has 0 bridgehead atoms. The van der Waals surface area contributed by atoms with Crippen molar-refractivity contribution in [2.75, 3.05) is 6.61 Å². The number of hydrogen-bond acceptors (Lipinski definition) is 6. The molecule has 0 aliphatic carbocycles. The van der Waals surface area contributed by atoms with E-state index in [2.05, 4.69) is 23.8 Å². The number of fused-ring (bicyclic) bond motifs is 2. The summed E-state index contributed by atoms with van der Waals surface area (Å²) in [6.45, 7) is 6.54. The Morgan fingerprint density at radius 2 is 1.97 bits per heavy atom. The van der Waals surface area contributed by atoms with Crippen LogP contribution in [0.3, 0.4) is 0 Å². The van der Waals surface area contributed by atoms with Crippen LogP contribution in [0.4, 0.5) is 0 Å². The van der Waals surface area contributed by atoms with Gasteiger partial charge in [-0.05, 0) is 36.2 Å². The summed E-state index contributed by atoms with van der Waals surface area (Å²) in [6, 6.07) is 7.56. The first kappa shape index (κ1) is 19.9. The number of ether oxygens (including phenoxy) is 2. The maximum atomic E-state index is 10.9. The summed E-state index contributed by atoms with van der Waals surface area (Å²) < 4.78 is 14.1. The molecule has 0 spiro atoms. The molecule has 0 radical (unpaired) electrons. The molecule has 158 valence electrons. The van der Waals surface area contributed by atoms with Gasteiger partial charge >= 0.3 is 0 Å². The van der Waals surface area contributed by atoms with E-state index in [-0.39, 0.29) is 5.41 Å². The number of aryl methyl sites for hydroxylation is 1. The Labute approximate surface area is 179 Å². The quantitative estimate of drug-likeness (QED) is 0.650. The average Bonchev–Trinajstić information content (AvgIpc) is 3.26. The fourth-order valence-corrected chi connectivity index (χ4v) is 4.74. The largest absolute Gasteiger partial charge is 0.387 e.